The first-order valence-corrected chi connectivity index (χ1v) is 10.2. The van der Waals surface area contributed by atoms with Crippen LogP contribution in [-0.4, -0.2) is 40.6 Å². The van der Waals surface area contributed by atoms with Crippen LogP contribution in [0, 0.1) is 5.92 Å². The van der Waals surface area contributed by atoms with E-state index >= 15 is 0 Å². The van der Waals surface area contributed by atoms with Gasteiger partial charge in [-0.25, -0.2) is 4.98 Å². The lowest BCUT2D eigenvalue weighted by Gasteiger charge is -2.33. The van der Waals surface area contributed by atoms with Crippen molar-refractivity contribution in [3.05, 3.63) is 65.2 Å². The van der Waals surface area contributed by atoms with Crippen LogP contribution in [-0.2, 0) is 11.8 Å². The van der Waals surface area contributed by atoms with Crippen molar-refractivity contribution in [2.45, 2.75) is 12.8 Å². The highest BCUT2D eigenvalue weighted by molar-refractivity contribution is 5.93. The molecule has 1 amide bonds. The molecule has 4 rings (SSSR count). The number of ether oxygens (including phenoxy) is 1. The Hall–Kier alpha value is -3.68. The molecule has 0 saturated carbocycles. The number of pyridine rings is 1. The van der Waals surface area contributed by atoms with Gasteiger partial charge >= 0.3 is 0 Å². The molecule has 160 valence electrons. The Labute approximate surface area is 180 Å². The molecule has 0 bridgehead atoms. The number of nitrogens with one attached hydrogen (secondary N) is 1. The number of piperidine rings is 1. The highest BCUT2D eigenvalue weighted by Crippen LogP contribution is 2.25. The molecule has 1 aliphatic rings. The Balaban J connectivity index is 1.53. The van der Waals surface area contributed by atoms with E-state index in [1.54, 1.807) is 26.6 Å². The van der Waals surface area contributed by atoms with Gasteiger partial charge in [0.1, 0.15) is 5.75 Å². The minimum atomic E-state index is -0.197. The average Bonchev–Trinajstić information content (AvgIpc) is 2.82. The topological polar surface area (TPSA) is 89.3 Å². The predicted molar refractivity (Wildman–Crippen MR) is 119 cm³/mol. The summed E-state index contributed by atoms with van der Waals surface area (Å²) in [4.78, 5) is 36.2. The van der Waals surface area contributed by atoms with Gasteiger partial charge in [-0.3, -0.25) is 19.1 Å². The van der Waals surface area contributed by atoms with Crippen LogP contribution < -0.4 is 20.5 Å². The molecular formula is C23H25N5O3. The average molecular weight is 419 g/mol. The van der Waals surface area contributed by atoms with E-state index in [9.17, 15) is 9.59 Å². The maximum atomic E-state index is 12.9. The van der Waals surface area contributed by atoms with Crippen LogP contribution in [0.25, 0.3) is 11.3 Å². The van der Waals surface area contributed by atoms with Crippen LogP contribution in [0.2, 0.25) is 0 Å². The zero-order valence-electron chi connectivity index (χ0n) is 17.6. The van der Waals surface area contributed by atoms with Gasteiger partial charge in [-0.1, -0.05) is 0 Å². The molecule has 8 nitrogen and oxygen atoms in total. The predicted octanol–water partition coefficient (Wildman–Crippen LogP) is 2.71. The van der Waals surface area contributed by atoms with Crippen LogP contribution >= 0.6 is 0 Å². The zero-order chi connectivity index (χ0) is 21.8. The molecule has 3 aromatic rings. The van der Waals surface area contributed by atoms with Gasteiger partial charge in [0, 0.05) is 49.8 Å². The lowest BCUT2D eigenvalue weighted by molar-refractivity contribution is -0.120. The summed E-state index contributed by atoms with van der Waals surface area (Å²) in [5, 5.41) is 2.98. The molecule has 0 aliphatic carbocycles. The third kappa shape index (κ3) is 4.58. The summed E-state index contributed by atoms with van der Waals surface area (Å²) >= 11 is 0. The number of methoxy groups -OCH3 is 1. The highest BCUT2D eigenvalue weighted by atomic mass is 16.5. The molecule has 1 aliphatic heterocycles. The van der Waals surface area contributed by atoms with Crippen LogP contribution in [0.15, 0.2) is 59.7 Å². The number of benzene rings is 1. The highest BCUT2D eigenvalue weighted by Gasteiger charge is 2.28. The minimum absolute atomic E-state index is 0.0369. The molecule has 8 heteroatoms. The van der Waals surface area contributed by atoms with Crippen LogP contribution in [0.5, 0.6) is 5.75 Å². The van der Waals surface area contributed by atoms with Crippen molar-refractivity contribution >= 4 is 17.5 Å². The fourth-order valence-corrected chi connectivity index (χ4v) is 3.77. The second-order valence-corrected chi connectivity index (χ2v) is 7.58. The number of carbonyl (C=O) groups is 1. The monoisotopic (exact) mass is 419 g/mol. The van der Waals surface area contributed by atoms with E-state index < -0.39 is 0 Å². The number of nitrogens with zero attached hydrogens (tertiary/aromatic N) is 4. The van der Waals surface area contributed by atoms with Crippen molar-refractivity contribution in [3.8, 4) is 17.0 Å². The number of aromatic nitrogens is 3. The van der Waals surface area contributed by atoms with Gasteiger partial charge in [0.05, 0.1) is 18.7 Å². The molecule has 1 atom stereocenters. The Morgan fingerprint density at radius 3 is 2.61 bits per heavy atom. The number of hydrogen-bond acceptors (Lipinski definition) is 6. The van der Waals surface area contributed by atoms with E-state index in [0.717, 1.165) is 36.4 Å². The first-order chi connectivity index (χ1) is 15.0. The van der Waals surface area contributed by atoms with E-state index in [0.29, 0.717) is 18.2 Å². The van der Waals surface area contributed by atoms with E-state index in [4.69, 9.17) is 9.72 Å². The molecule has 1 aromatic carbocycles. The number of anilines is 2. The molecule has 1 unspecified atom stereocenters. The maximum Gasteiger partial charge on any atom is 0.255 e. The zero-order valence-corrected chi connectivity index (χ0v) is 17.6. The van der Waals surface area contributed by atoms with Crippen molar-refractivity contribution in [3.63, 3.8) is 0 Å². The fraction of sp³-hybridized carbons (Fsp3) is 0.304. The fourth-order valence-electron chi connectivity index (χ4n) is 3.77. The second-order valence-electron chi connectivity index (χ2n) is 7.58. The van der Waals surface area contributed by atoms with Gasteiger partial charge in [0.2, 0.25) is 11.9 Å². The van der Waals surface area contributed by atoms with Crippen molar-refractivity contribution in [1.29, 1.82) is 0 Å². The SMILES string of the molecule is COc1ccc(NC(=O)C2CCCN(c3nc(-c4ccncc4)cc(=O)n3C)C2)cc1. The van der Waals surface area contributed by atoms with E-state index in [2.05, 4.69) is 10.3 Å². The summed E-state index contributed by atoms with van der Waals surface area (Å²) in [7, 11) is 3.32. The molecule has 2 aromatic heterocycles. The summed E-state index contributed by atoms with van der Waals surface area (Å²) in [5.41, 5.74) is 2.03. The third-order valence-corrected chi connectivity index (χ3v) is 5.52. The van der Waals surface area contributed by atoms with E-state index in [-0.39, 0.29) is 17.4 Å². The van der Waals surface area contributed by atoms with Crippen molar-refractivity contribution in [2.75, 3.05) is 30.4 Å². The van der Waals surface area contributed by atoms with Gasteiger partial charge in [0.25, 0.3) is 5.56 Å². The van der Waals surface area contributed by atoms with Gasteiger partial charge < -0.3 is 15.0 Å². The van der Waals surface area contributed by atoms with Crippen molar-refractivity contribution in [1.82, 2.24) is 14.5 Å². The van der Waals surface area contributed by atoms with Crippen molar-refractivity contribution in [2.24, 2.45) is 13.0 Å². The smallest absolute Gasteiger partial charge is 0.255 e. The quantitative estimate of drug-likeness (QED) is 0.684. The largest absolute Gasteiger partial charge is 0.497 e. The summed E-state index contributed by atoms with van der Waals surface area (Å²) < 4.78 is 6.69. The molecule has 3 heterocycles. The summed E-state index contributed by atoms with van der Waals surface area (Å²) in [5.74, 6) is 1.08. The molecule has 0 spiro atoms. The Bertz CT molecular complexity index is 1110. The maximum absolute atomic E-state index is 12.9. The molecule has 31 heavy (non-hydrogen) atoms. The van der Waals surface area contributed by atoms with E-state index in [1.807, 2.05) is 41.3 Å². The number of carbonyl (C=O) groups excluding carboxylic acids is 1. The lowest BCUT2D eigenvalue weighted by Crippen LogP contribution is -2.43. The molecule has 1 N–H and O–H groups in total. The first-order valence-electron chi connectivity index (χ1n) is 10.2. The second kappa shape index (κ2) is 8.99. The summed E-state index contributed by atoms with van der Waals surface area (Å²) in [6.45, 7) is 1.24. The number of amides is 1. The van der Waals surface area contributed by atoms with E-state index in [1.165, 1.54) is 10.6 Å². The van der Waals surface area contributed by atoms with Crippen LogP contribution in [0.3, 0.4) is 0 Å². The van der Waals surface area contributed by atoms with Crippen LogP contribution in [0.4, 0.5) is 11.6 Å². The normalized spacial score (nSPS) is 16.1. The molecule has 1 fully saturated rings. The Morgan fingerprint density at radius 1 is 1.16 bits per heavy atom. The Kier molecular flexibility index (Phi) is 5.97. The Morgan fingerprint density at radius 2 is 1.90 bits per heavy atom. The van der Waals surface area contributed by atoms with Crippen molar-refractivity contribution < 1.29 is 9.53 Å². The lowest BCUT2D eigenvalue weighted by atomic mass is 9.97. The first kappa shape index (κ1) is 20.6. The summed E-state index contributed by atoms with van der Waals surface area (Å²) in [6, 6.07) is 12.4. The molecule has 0 radical (unpaired) electrons. The van der Waals surface area contributed by atoms with Crippen LogP contribution in [0.1, 0.15) is 12.8 Å². The number of hydrogen-bond donors (Lipinski definition) is 1. The van der Waals surface area contributed by atoms with Gasteiger partial charge in [-0.15, -0.1) is 0 Å². The third-order valence-electron chi connectivity index (χ3n) is 5.52. The van der Waals surface area contributed by atoms with Gasteiger partial charge in [-0.2, -0.15) is 0 Å². The molecular weight excluding hydrogens is 394 g/mol. The standard InChI is InChI=1S/C23H25N5O3/c1-27-21(29)14-20(16-9-11-24-12-10-16)26-23(27)28-13-3-4-17(15-28)22(30)25-18-5-7-19(31-2)8-6-18/h5-12,14,17H,3-4,13,15H2,1-2H3,(H,25,30). The summed E-state index contributed by atoms with van der Waals surface area (Å²) in [6.07, 6.45) is 4.98. The number of rotatable bonds is 5. The minimum Gasteiger partial charge on any atom is -0.497 e. The van der Waals surface area contributed by atoms with Gasteiger partial charge in [0.15, 0.2) is 0 Å². The van der Waals surface area contributed by atoms with Gasteiger partial charge in [-0.05, 0) is 49.2 Å². The molecule has 1 saturated heterocycles.